The lowest BCUT2D eigenvalue weighted by Gasteiger charge is -2.04. The molecule has 0 fully saturated rings. The van der Waals surface area contributed by atoms with Crippen molar-refractivity contribution in [3.63, 3.8) is 0 Å². The summed E-state index contributed by atoms with van der Waals surface area (Å²) >= 11 is 0. The first-order valence-corrected chi connectivity index (χ1v) is 7.03. The number of hydrogen-bond acceptors (Lipinski definition) is 4. The lowest BCUT2D eigenvalue weighted by molar-refractivity contribution is -0.138. The summed E-state index contributed by atoms with van der Waals surface area (Å²) in [5.41, 5.74) is 17.0. The van der Waals surface area contributed by atoms with Gasteiger partial charge in [-0.15, -0.1) is 0 Å². The van der Waals surface area contributed by atoms with Crippen molar-refractivity contribution < 1.29 is 19.5 Å². The molecule has 2 aromatic rings. The zero-order chi connectivity index (χ0) is 18.1. The number of carboxylic acid groups (broad SMARTS) is 1. The van der Waals surface area contributed by atoms with Crippen molar-refractivity contribution in [3.05, 3.63) is 71.3 Å². The van der Waals surface area contributed by atoms with Crippen LogP contribution in [0.25, 0.3) is 0 Å². The zero-order valence-electron chi connectivity index (χ0n) is 12.9. The van der Waals surface area contributed by atoms with Crippen molar-refractivity contribution >= 4 is 17.8 Å². The van der Waals surface area contributed by atoms with E-state index in [1.54, 1.807) is 0 Å². The summed E-state index contributed by atoms with van der Waals surface area (Å²) in [6.45, 7) is 0. The Labute approximate surface area is 139 Å². The summed E-state index contributed by atoms with van der Waals surface area (Å²) < 4.78 is 0. The number of amides is 2. The van der Waals surface area contributed by atoms with E-state index in [9.17, 15) is 14.4 Å². The molecule has 0 spiro atoms. The number of aliphatic carboxylic acids is 1. The number of carbonyl (C=O) groups is 3. The van der Waals surface area contributed by atoms with Gasteiger partial charge in [0, 0.05) is 11.1 Å². The highest BCUT2D eigenvalue weighted by Gasteiger charge is 2.10. The number of primary amides is 2. The van der Waals surface area contributed by atoms with Crippen molar-refractivity contribution in [3.8, 4) is 0 Å². The molecule has 7 nitrogen and oxygen atoms in total. The van der Waals surface area contributed by atoms with Crippen LogP contribution >= 0.6 is 0 Å². The first-order chi connectivity index (χ1) is 11.3. The van der Waals surface area contributed by atoms with Gasteiger partial charge in [-0.3, -0.25) is 14.4 Å². The van der Waals surface area contributed by atoms with E-state index in [1.807, 2.05) is 30.3 Å². The Hall–Kier alpha value is -3.19. The topological polar surface area (TPSA) is 150 Å². The Morgan fingerprint density at radius 2 is 1.25 bits per heavy atom. The summed E-state index contributed by atoms with van der Waals surface area (Å²) in [7, 11) is 0. The fourth-order valence-electron chi connectivity index (χ4n) is 1.75. The number of nitrogens with two attached hydrogens (primary N) is 3. The Morgan fingerprint density at radius 1 is 0.833 bits per heavy atom. The van der Waals surface area contributed by atoms with Crippen LogP contribution in [0.5, 0.6) is 0 Å². The molecule has 0 aliphatic carbocycles. The molecule has 0 bridgehead atoms. The van der Waals surface area contributed by atoms with Gasteiger partial charge in [0.1, 0.15) is 6.04 Å². The molecule has 1 atom stereocenters. The molecule has 7 N–H and O–H groups in total. The van der Waals surface area contributed by atoms with Gasteiger partial charge < -0.3 is 22.3 Å². The Kier molecular flexibility index (Phi) is 7.12. The fraction of sp³-hybridized carbons (Fsp3) is 0.118. The van der Waals surface area contributed by atoms with E-state index in [0.717, 1.165) is 5.56 Å². The van der Waals surface area contributed by atoms with E-state index in [0.29, 0.717) is 17.5 Å². The number of benzene rings is 2. The van der Waals surface area contributed by atoms with Crippen molar-refractivity contribution in [1.29, 1.82) is 0 Å². The van der Waals surface area contributed by atoms with E-state index >= 15 is 0 Å². The second-order valence-electron chi connectivity index (χ2n) is 4.94. The van der Waals surface area contributed by atoms with Gasteiger partial charge in [0.2, 0.25) is 11.8 Å². The lowest BCUT2D eigenvalue weighted by Crippen LogP contribution is -2.32. The largest absolute Gasteiger partial charge is 0.480 e. The van der Waals surface area contributed by atoms with Gasteiger partial charge in [-0.2, -0.15) is 0 Å². The highest BCUT2D eigenvalue weighted by molar-refractivity contribution is 5.96. The molecule has 0 aliphatic rings. The molecule has 126 valence electrons. The van der Waals surface area contributed by atoms with Crippen LogP contribution < -0.4 is 17.2 Å². The summed E-state index contributed by atoms with van der Waals surface area (Å²) in [6, 6.07) is 14.4. The third kappa shape index (κ3) is 6.29. The van der Waals surface area contributed by atoms with Crippen molar-refractivity contribution in [2.45, 2.75) is 12.5 Å². The molecule has 2 rings (SSSR count). The molecular formula is C17H19N3O4. The van der Waals surface area contributed by atoms with Crippen LogP contribution in [0.2, 0.25) is 0 Å². The standard InChI is InChI=1S/C9H11NO2.C8H8N2O2/c10-8(9(11)12)6-7-4-2-1-3-5-7;9-7(11)5-1-2-6(4-3-5)8(10)12/h1-5,8H,6,10H2,(H,11,12);1-4H,(H2,9,11)(H2,10,12). The molecular weight excluding hydrogens is 310 g/mol. The van der Waals surface area contributed by atoms with Crippen molar-refractivity contribution in [1.82, 2.24) is 0 Å². The summed E-state index contributed by atoms with van der Waals surface area (Å²) in [4.78, 5) is 31.6. The quantitative estimate of drug-likeness (QED) is 0.631. The van der Waals surface area contributed by atoms with E-state index in [4.69, 9.17) is 22.3 Å². The van der Waals surface area contributed by atoms with Gasteiger partial charge in [-0.1, -0.05) is 30.3 Å². The minimum Gasteiger partial charge on any atom is -0.480 e. The predicted molar refractivity (Wildman–Crippen MR) is 89.2 cm³/mol. The number of carbonyl (C=O) groups excluding carboxylic acids is 2. The van der Waals surface area contributed by atoms with Crippen LogP contribution in [0.4, 0.5) is 0 Å². The second kappa shape index (κ2) is 9.06. The van der Waals surface area contributed by atoms with Crippen LogP contribution in [0.3, 0.4) is 0 Å². The Bertz CT molecular complexity index is 667. The smallest absolute Gasteiger partial charge is 0.320 e. The Balaban J connectivity index is 0.000000240. The van der Waals surface area contributed by atoms with Gasteiger partial charge >= 0.3 is 5.97 Å². The van der Waals surface area contributed by atoms with Crippen LogP contribution in [0, 0.1) is 0 Å². The monoisotopic (exact) mass is 329 g/mol. The number of carboxylic acids is 1. The SMILES string of the molecule is NC(=O)c1ccc(C(N)=O)cc1.NC(Cc1ccccc1)C(=O)O. The van der Waals surface area contributed by atoms with Gasteiger partial charge in [0.05, 0.1) is 0 Å². The minimum absolute atomic E-state index is 0.361. The maximum absolute atomic E-state index is 10.6. The summed E-state index contributed by atoms with van der Waals surface area (Å²) in [5.74, 6) is -2.00. The van der Waals surface area contributed by atoms with E-state index in [2.05, 4.69) is 0 Å². The maximum Gasteiger partial charge on any atom is 0.320 e. The summed E-state index contributed by atoms with van der Waals surface area (Å²) in [6.07, 6.45) is 0.385. The molecule has 0 aliphatic heterocycles. The third-order valence-electron chi connectivity index (χ3n) is 3.07. The average Bonchev–Trinajstić information content (AvgIpc) is 2.56. The van der Waals surface area contributed by atoms with Gasteiger partial charge in [-0.05, 0) is 36.2 Å². The molecule has 0 radical (unpaired) electrons. The molecule has 0 saturated heterocycles. The number of rotatable bonds is 5. The normalized spacial score (nSPS) is 10.9. The molecule has 2 aromatic carbocycles. The van der Waals surface area contributed by atoms with E-state index in [1.165, 1.54) is 24.3 Å². The minimum atomic E-state index is -0.959. The van der Waals surface area contributed by atoms with Gasteiger partial charge in [-0.25, -0.2) is 0 Å². The number of hydrogen-bond donors (Lipinski definition) is 4. The van der Waals surface area contributed by atoms with Crippen LogP contribution in [-0.2, 0) is 11.2 Å². The Morgan fingerprint density at radius 3 is 1.58 bits per heavy atom. The first-order valence-electron chi connectivity index (χ1n) is 7.03. The second-order valence-corrected chi connectivity index (χ2v) is 4.94. The molecule has 7 heteroatoms. The van der Waals surface area contributed by atoms with Gasteiger partial charge in [0.15, 0.2) is 0 Å². The highest BCUT2D eigenvalue weighted by Crippen LogP contribution is 2.02. The molecule has 0 heterocycles. The van der Waals surface area contributed by atoms with Crippen LogP contribution in [-0.4, -0.2) is 28.9 Å². The fourth-order valence-corrected chi connectivity index (χ4v) is 1.75. The third-order valence-corrected chi connectivity index (χ3v) is 3.07. The lowest BCUT2D eigenvalue weighted by atomic mass is 10.1. The molecule has 24 heavy (non-hydrogen) atoms. The van der Waals surface area contributed by atoms with Crippen LogP contribution in [0.15, 0.2) is 54.6 Å². The van der Waals surface area contributed by atoms with Crippen molar-refractivity contribution in [2.24, 2.45) is 17.2 Å². The van der Waals surface area contributed by atoms with Crippen LogP contribution in [0.1, 0.15) is 26.3 Å². The summed E-state index contributed by atoms with van der Waals surface area (Å²) in [5, 5.41) is 8.52. The highest BCUT2D eigenvalue weighted by atomic mass is 16.4. The van der Waals surface area contributed by atoms with E-state index < -0.39 is 23.8 Å². The van der Waals surface area contributed by atoms with E-state index in [-0.39, 0.29) is 0 Å². The first kappa shape index (κ1) is 18.9. The molecule has 2 amide bonds. The average molecular weight is 329 g/mol. The van der Waals surface area contributed by atoms with Gasteiger partial charge in [0.25, 0.3) is 0 Å². The zero-order valence-corrected chi connectivity index (χ0v) is 12.9. The molecule has 1 unspecified atom stereocenters. The predicted octanol–water partition coefficient (Wildman–Crippen LogP) is 0.525. The maximum atomic E-state index is 10.6. The van der Waals surface area contributed by atoms with Crippen molar-refractivity contribution in [2.75, 3.05) is 0 Å². The molecule has 0 saturated carbocycles. The molecule has 0 aromatic heterocycles.